The Hall–Kier alpha value is 0.735. The minimum absolute atomic E-state index is 0. The molecule has 0 aliphatic rings. The van der Waals surface area contributed by atoms with Gasteiger partial charge in [-0.1, -0.05) is 6.92 Å². The molecule has 0 aromatic rings. The summed E-state index contributed by atoms with van der Waals surface area (Å²) in [5.74, 6) is 0. The van der Waals surface area contributed by atoms with Gasteiger partial charge in [0, 0.05) is 7.85 Å². The standard InChI is InChI=1S/C3H8BO.Na/c1-2-3(4)5;/h2H2,1,4H3;/q-1;+1. The molecule has 30 valence electrons. The van der Waals surface area contributed by atoms with Crippen molar-refractivity contribution in [2.45, 2.75) is 13.3 Å². The molecule has 0 spiro atoms. The maximum atomic E-state index is 9.92. The van der Waals surface area contributed by atoms with Crippen LogP contribution in [0.4, 0.5) is 0 Å². The first kappa shape index (κ1) is 9.88. The van der Waals surface area contributed by atoms with Crippen molar-refractivity contribution in [2.75, 3.05) is 0 Å². The van der Waals surface area contributed by atoms with Gasteiger partial charge in [0.15, 0.2) is 0 Å². The van der Waals surface area contributed by atoms with E-state index < -0.39 is 0 Å². The van der Waals surface area contributed by atoms with Crippen molar-refractivity contribution in [3.05, 3.63) is 0 Å². The average molecular weight is 93.9 g/mol. The zero-order valence-electron chi connectivity index (χ0n) is 3.62. The van der Waals surface area contributed by atoms with Gasteiger partial charge in [-0.2, -0.15) is 0 Å². The van der Waals surface area contributed by atoms with Crippen LogP contribution in [0, 0.1) is 0 Å². The van der Waals surface area contributed by atoms with Crippen LogP contribution in [-0.2, 0) is 4.79 Å². The maximum absolute atomic E-state index is 9.92. The Morgan fingerprint density at radius 2 is 2.00 bits per heavy atom. The van der Waals surface area contributed by atoms with Crippen LogP contribution in [0.15, 0.2) is 0 Å². The number of carbonyl (C=O) groups is 1. The summed E-state index contributed by atoms with van der Waals surface area (Å²) in [6.07, 6.45) is 0.778. The largest absolute Gasteiger partial charge is 1.00 e. The Morgan fingerprint density at radius 3 is 2.00 bits per heavy atom. The molecule has 0 unspecified atom stereocenters. The molecule has 0 aromatic carbocycles. The molecule has 0 radical (unpaired) electrons. The second-order valence-corrected chi connectivity index (χ2v) is 0.498. The fraction of sp³-hybridized carbons (Fsp3) is 0.667. The molecule has 0 aromatic heterocycles. The summed E-state index contributed by atoms with van der Waals surface area (Å²) < 4.78 is 0. The first-order valence-electron chi connectivity index (χ1n) is 1.26. The predicted octanol–water partition coefficient (Wildman–Crippen LogP) is -3.71. The van der Waals surface area contributed by atoms with E-state index in [2.05, 4.69) is 0 Å². The van der Waals surface area contributed by atoms with Crippen molar-refractivity contribution in [1.82, 2.24) is 0 Å². The summed E-state index contributed by atoms with van der Waals surface area (Å²) in [6.45, 7) is 1.91. The number of hydrogen-bond donors (Lipinski definition) is 0. The summed E-state index contributed by atoms with van der Waals surface area (Å²) in [4.78, 5) is 9.92. The summed E-state index contributed by atoms with van der Waals surface area (Å²) in [6, 6.07) is 0. The Kier molecular flexibility index (Phi) is 9.44. The van der Waals surface area contributed by atoms with Gasteiger partial charge in [0.25, 0.3) is 0 Å². The Balaban J connectivity index is 0. The number of carbonyl (C=O) groups excluding carboxylic acids is 1. The smallest absolute Gasteiger partial charge is 0.347 e. The molecule has 0 heterocycles. The predicted molar refractivity (Wildman–Crippen MR) is 25.2 cm³/mol. The Labute approximate surface area is 61.2 Å². The van der Waals surface area contributed by atoms with Crippen LogP contribution < -0.4 is 29.6 Å². The molecule has 0 atom stereocenters. The number of rotatable bonds is 1. The van der Waals surface area contributed by atoms with Crippen molar-refractivity contribution in [3.63, 3.8) is 0 Å². The molecule has 0 aliphatic carbocycles. The average Bonchev–Trinajstić information content (AvgIpc) is 1.38. The summed E-state index contributed by atoms with van der Waals surface area (Å²) in [7, 11) is 0.0486. The SMILES string of the molecule is [BH3-]C(=O)CC.[Na+]. The fourth-order valence-corrected chi connectivity index (χ4v) is 0. The van der Waals surface area contributed by atoms with E-state index in [4.69, 9.17) is 0 Å². The van der Waals surface area contributed by atoms with Crippen LogP contribution >= 0.6 is 0 Å². The molecule has 3 heteroatoms. The van der Waals surface area contributed by atoms with Crippen LogP contribution in [0.3, 0.4) is 0 Å². The minimum Gasteiger partial charge on any atom is -0.347 e. The molecular weight excluding hydrogens is 85.8 g/mol. The van der Waals surface area contributed by atoms with Crippen molar-refractivity contribution in [3.8, 4) is 0 Å². The van der Waals surface area contributed by atoms with Gasteiger partial charge >= 0.3 is 29.6 Å². The second-order valence-electron chi connectivity index (χ2n) is 0.498. The fourth-order valence-electron chi connectivity index (χ4n) is 0. The summed E-state index contributed by atoms with van der Waals surface area (Å²) in [5.41, 5.74) is 0.505. The van der Waals surface area contributed by atoms with E-state index in [0.29, 0.717) is 5.68 Å². The van der Waals surface area contributed by atoms with Crippen molar-refractivity contribution >= 4 is 13.5 Å². The van der Waals surface area contributed by atoms with Crippen LogP contribution in [-0.4, -0.2) is 13.5 Å². The van der Waals surface area contributed by atoms with Gasteiger partial charge in [-0.25, -0.2) is 0 Å². The molecule has 1 nitrogen and oxygen atoms in total. The van der Waals surface area contributed by atoms with Crippen LogP contribution in [0.2, 0.25) is 0 Å². The first-order chi connectivity index (χ1) is 2.27. The van der Waals surface area contributed by atoms with E-state index in [-0.39, 0.29) is 37.4 Å². The Bertz CT molecular complexity index is 46.1. The van der Waals surface area contributed by atoms with Gasteiger partial charge in [0.2, 0.25) is 0 Å². The van der Waals surface area contributed by atoms with Gasteiger partial charge < -0.3 is 4.79 Å². The number of hydrogen-bond acceptors (Lipinski definition) is 1. The van der Waals surface area contributed by atoms with Crippen molar-refractivity contribution < 1.29 is 34.4 Å². The van der Waals surface area contributed by atoms with Gasteiger partial charge in [0.1, 0.15) is 0 Å². The molecular formula is C3H8BNaO. The molecule has 0 rings (SSSR count). The second kappa shape index (κ2) is 5.73. The Morgan fingerprint density at radius 1 is 1.83 bits per heavy atom. The van der Waals surface area contributed by atoms with Crippen LogP contribution in [0.5, 0.6) is 0 Å². The monoisotopic (exact) mass is 94.1 g/mol. The first-order valence-corrected chi connectivity index (χ1v) is 1.26. The van der Waals surface area contributed by atoms with Gasteiger partial charge in [-0.05, 0) is 12.1 Å². The molecule has 0 amide bonds. The minimum atomic E-state index is 0. The summed E-state index contributed by atoms with van der Waals surface area (Å²) >= 11 is 0. The quantitative estimate of drug-likeness (QED) is 0.305. The van der Waals surface area contributed by atoms with Gasteiger partial charge in [-0.3, -0.25) is 0 Å². The third-order valence-electron chi connectivity index (χ3n) is 0.144. The van der Waals surface area contributed by atoms with E-state index in [0.717, 1.165) is 6.42 Å². The maximum Gasteiger partial charge on any atom is 1.00 e. The van der Waals surface area contributed by atoms with E-state index in [9.17, 15) is 4.79 Å². The zero-order chi connectivity index (χ0) is 4.28. The molecule has 0 fully saturated rings. The van der Waals surface area contributed by atoms with E-state index in [1.807, 2.05) is 6.92 Å². The normalized spacial score (nSPS) is 6.33. The molecule has 0 N–H and O–H groups in total. The van der Waals surface area contributed by atoms with Crippen LogP contribution in [0.1, 0.15) is 13.3 Å². The van der Waals surface area contributed by atoms with Gasteiger partial charge in [0.05, 0.1) is 0 Å². The molecule has 6 heavy (non-hydrogen) atoms. The van der Waals surface area contributed by atoms with E-state index in [1.165, 1.54) is 0 Å². The van der Waals surface area contributed by atoms with E-state index >= 15 is 0 Å². The molecule has 0 saturated heterocycles. The molecule has 0 saturated carbocycles. The molecule has 0 bridgehead atoms. The third-order valence-corrected chi connectivity index (χ3v) is 0.144. The topological polar surface area (TPSA) is 17.1 Å². The van der Waals surface area contributed by atoms with E-state index in [1.54, 1.807) is 0 Å². The zero-order valence-corrected chi connectivity index (χ0v) is 5.62. The van der Waals surface area contributed by atoms with Crippen molar-refractivity contribution in [1.29, 1.82) is 0 Å². The van der Waals surface area contributed by atoms with Gasteiger partial charge in [-0.15, -0.1) is 0 Å². The third kappa shape index (κ3) is 8.83. The summed E-state index contributed by atoms with van der Waals surface area (Å²) in [5, 5.41) is 0. The van der Waals surface area contributed by atoms with Crippen molar-refractivity contribution in [2.24, 2.45) is 0 Å². The molecule has 0 aliphatic heterocycles. The van der Waals surface area contributed by atoms with Crippen LogP contribution in [0.25, 0.3) is 0 Å².